The fourth-order valence-corrected chi connectivity index (χ4v) is 5.94. The van der Waals surface area contributed by atoms with Crippen LogP contribution in [0.4, 0.5) is 0 Å². The number of aliphatic hydroxyl groups excluding tert-OH is 2. The van der Waals surface area contributed by atoms with Gasteiger partial charge in [-0.2, -0.15) is 0 Å². The lowest BCUT2D eigenvalue weighted by Crippen LogP contribution is -2.55. The van der Waals surface area contributed by atoms with E-state index >= 15 is 0 Å². The van der Waals surface area contributed by atoms with Crippen LogP contribution in [-0.2, 0) is 24.0 Å². The lowest BCUT2D eigenvalue weighted by molar-refractivity contribution is -0.149. The maximum absolute atomic E-state index is 13.2. The molecule has 3 unspecified atom stereocenters. The van der Waals surface area contributed by atoms with Gasteiger partial charge >= 0.3 is 11.9 Å². The number of carbonyl (C=O) groups is 5. The van der Waals surface area contributed by atoms with E-state index in [1.807, 2.05) is 32.0 Å². The molecule has 0 radical (unpaired) electrons. The van der Waals surface area contributed by atoms with Gasteiger partial charge in [0.15, 0.2) is 6.10 Å². The van der Waals surface area contributed by atoms with Crippen molar-refractivity contribution in [1.29, 1.82) is 0 Å². The molecule has 0 aliphatic heterocycles. The van der Waals surface area contributed by atoms with Crippen LogP contribution in [-0.4, -0.2) is 74.3 Å². The average Bonchev–Trinajstić information content (AvgIpc) is 2.98. The molecule has 2 aromatic rings. The molecule has 0 saturated heterocycles. The Morgan fingerprint density at radius 3 is 1.98 bits per heavy atom. The number of aliphatic carboxylic acids is 2. The standard InChI is InChI=1S/C33H45N3O9/c1-17(2)12-25(35-31(41)29(39)24-11-7-9-19-8-5-6-10-23(19)24)26(37)16-27(38)36-28(18(3)4)30(40)34-22-14-20(32(42)43)13-21(15-22)33(44)45/h5-11,17-18,20-22,25-26,28-29,37,39H,12-16H2,1-4H3,(H,34,40)(H,35,41)(H,36,38)(H,42,43)(H,44,45)/t20?,21?,22?,25-,26-,28-,29?/m0/s1. The van der Waals surface area contributed by atoms with Gasteiger partial charge in [0, 0.05) is 6.04 Å². The summed E-state index contributed by atoms with van der Waals surface area (Å²) in [6.07, 6.45) is -2.85. The topological polar surface area (TPSA) is 202 Å². The Bertz CT molecular complexity index is 1350. The first kappa shape index (κ1) is 35.4. The number of carboxylic acid groups (broad SMARTS) is 2. The van der Waals surface area contributed by atoms with E-state index in [0.29, 0.717) is 17.4 Å². The van der Waals surface area contributed by atoms with E-state index in [1.54, 1.807) is 38.1 Å². The minimum Gasteiger partial charge on any atom is -0.481 e. The van der Waals surface area contributed by atoms with Crippen LogP contribution in [0.3, 0.4) is 0 Å². The number of fused-ring (bicyclic) bond motifs is 1. The quantitative estimate of drug-likeness (QED) is 0.164. The van der Waals surface area contributed by atoms with Crippen LogP contribution in [0.15, 0.2) is 42.5 Å². The molecule has 1 aliphatic carbocycles. The normalized spacial score (nSPS) is 21.0. The molecule has 0 spiro atoms. The van der Waals surface area contributed by atoms with E-state index < -0.39 is 78.3 Å². The van der Waals surface area contributed by atoms with Crippen LogP contribution >= 0.6 is 0 Å². The van der Waals surface area contributed by atoms with Crippen LogP contribution in [0.25, 0.3) is 10.8 Å². The minimum atomic E-state index is -1.51. The fourth-order valence-electron chi connectivity index (χ4n) is 5.94. The van der Waals surface area contributed by atoms with E-state index in [-0.39, 0.29) is 31.1 Å². The summed E-state index contributed by atoms with van der Waals surface area (Å²) in [7, 11) is 0. The van der Waals surface area contributed by atoms with Crippen molar-refractivity contribution in [3.63, 3.8) is 0 Å². The highest BCUT2D eigenvalue weighted by atomic mass is 16.4. The SMILES string of the molecule is CC(C)C[C@H](NC(=O)C(O)c1cccc2ccccc12)[C@@H](O)CC(=O)N[C@H](C(=O)NC1CC(C(=O)O)CC(C(=O)O)C1)C(C)C. The minimum absolute atomic E-state index is 0.0215. The average molecular weight is 628 g/mol. The Hall–Kier alpha value is -4.03. The molecule has 12 heteroatoms. The lowest BCUT2D eigenvalue weighted by atomic mass is 9.78. The van der Waals surface area contributed by atoms with E-state index in [9.17, 15) is 44.4 Å². The molecule has 0 aromatic heterocycles. The summed E-state index contributed by atoms with van der Waals surface area (Å²) < 4.78 is 0. The zero-order valence-electron chi connectivity index (χ0n) is 26.1. The lowest BCUT2D eigenvalue weighted by Gasteiger charge is -2.33. The molecule has 1 saturated carbocycles. The van der Waals surface area contributed by atoms with Gasteiger partial charge in [0.05, 0.1) is 30.4 Å². The van der Waals surface area contributed by atoms with Crippen LogP contribution < -0.4 is 16.0 Å². The number of nitrogens with one attached hydrogen (secondary N) is 3. The number of hydrogen-bond acceptors (Lipinski definition) is 7. The molecule has 2 aromatic carbocycles. The van der Waals surface area contributed by atoms with E-state index in [4.69, 9.17) is 0 Å². The smallest absolute Gasteiger partial charge is 0.306 e. The molecule has 45 heavy (non-hydrogen) atoms. The number of carboxylic acids is 2. The van der Waals surface area contributed by atoms with Crippen molar-refractivity contribution < 1.29 is 44.4 Å². The number of rotatable bonds is 14. The summed E-state index contributed by atoms with van der Waals surface area (Å²) in [5.41, 5.74) is 0.411. The molecule has 1 fully saturated rings. The Balaban J connectivity index is 1.66. The molecule has 6 atom stereocenters. The van der Waals surface area contributed by atoms with Crippen molar-refractivity contribution in [3.8, 4) is 0 Å². The zero-order chi connectivity index (χ0) is 33.4. The third kappa shape index (κ3) is 9.73. The number of carbonyl (C=O) groups excluding carboxylic acids is 3. The third-order valence-corrected chi connectivity index (χ3v) is 8.30. The molecular weight excluding hydrogens is 582 g/mol. The summed E-state index contributed by atoms with van der Waals surface area (Å²) in [6.45, 7) is 7.19. The molecule has 12 nitrogen and oxygen atoms in total. The van der Waals surface area contributed by atoms with E-state index in [0.717, 1.165) is 5.39 Å². The van der Waals surface area contributed by atoms with Crippen molar-refractivity contribution in [2.75, 3.05) is 0 Å². The fraction of sp³-hybridized carbons (Fsp3) is 0.545. The van der Waals surface area contributed by atoms with Gasteiger partial charge in [-0.15, -0.1) is 0 Å². The molecule has 3 amide bonds. The summed E-state index contributed by atoms with van der Waals surface area (Å²) >= 11 is 0. The van der Waals surface area contributed by atoms with Gasteiger partial charge in [-0.25, -0.2) is 0 Å². The maximum atomic E-state index is 13.2. The molecule has 246 valence electrons. The van der Waals surface area contributed by atoms with E-state index in [1.165, 1.54) is 0 Å². The summed E-state index contributed by atoms with van der Waals surface area (Å²) in [5.74, 6) is -6.41. The van der Waals surface area contributed by atoms with Gasteiger partial charge < -0.3 is 36.4 Å². The van der Waals surface area contributed by atoms with Crippen molar-refractivity contribution in [2.24, 2.45) is 23.7 Å². The second kappa shape index (κ2) is 15.8. The summed E-state index contributed by atoms with van der Waals surface area (Å²) in [4.78, 5) is 62.5. The first-order valence-electron chi connectivity index (χ1n) is 15.4. The second-order valence-electron chi connectivity index (χ2n) is 12.8. The maximum Gasteiger partial charge on any atom is 0.306 e. The van der Waals surface area contributed by atoms with Crippen molar-refractivity contribution in [1.82, 2.24) is 16.0 Å². The molecule has 0 bridgehead atoms. The Labute approximate surface area is 262 Å². The van der Waals surface area contributed by atoms with Crippen LogP contribution in [0, 0.1) is 23.7 Å². The number of hydrogen-bond donors (Lipinski definition) is 7. The molecular formula is C33H45N3O9. The number of aliphatic hydroxyl groups is 2. The Morgan fingerprint density at radius 1 is 0.800 bits per heavy atom. The highest BCUT2D eigenvalue weighted by Gasteiger charge is 2.38. The molecule has 7 N–H and O–H groups in total. The first-order valence-corrected chi connectivity index (χ1v) is 15.4. The van der Waals surface area contributed by atoms with Gasteiger partial charge in [-0.1, -0.05) is 70.2 Å². The van der Waals surface area contributed by atoms with Gasteiger partial charge in [0.2, 0.25) is 11.8 Å². The van der Waals surface area contributed by atoms with Gasteiger partial charge in [-0.3, -0.25) is 24.0 Å². The van der Waals surface area contributed by atoms with Gasteiger partial charge in [0.1, 0.15) is 6.04 Å². The molecule has 1 aliphatic rings. The van der Waals surface area contributed by atoms with E-state index in [2.05, 4.69) is 16.0 Å². The highest BCUT2D eigenvalue weighted by Crippen LogP contribution is 2.30. The summed E-state index contributed by atoms with van der Waals surface area (Å²) in [5, 5.41) is 50.5. The van der Waals surface area contributed by atoms with Crippen LogP contribution in [0.5, 0.6) is 0 Å². The van der Waals surface area contributed by atoms with Gasteiger partial charge in [-0.05, 0) is 53.9 Å². The Morgan fingerprint density at radius 2 is 1.40 bits per heavy atom. The van der Waals surface area contributed by atoms with Crippen molar-refractivity contribution in [2.45, 2.75) is 90.1 Å². The van der Waals surface area contributed by atoms with Crippen molar-refractivity contribution in [3.05, 3.63) is 48.0 Å². The summed E-state index contributed by atoms with van der Waals surface area (Å²) in [6, 6.07) is 9.98. The third-order valence-electron chi connectivity index (χ3n) is 8.30. The molecule has 3 rings (SSSR count). The Kier molecular flexibility index (Phi) is 12.5. The predicted octanol–water partition coefficient (Wildman–Crippen LogP) is 2.37. The van der Waals surface area contributed by atoms with Crippen molar-refractivity contribution >= 4 is 40.4 Å². The monoisotopic (exact) mass is 627 g/mol. The van der Waals surface area contributed by atoms with Crippen LogP contribution in [0.1, 0.15) is 71.5 Å². The zero-order valence-corrected chi connectivity index (χ0v) is 26.1. The van der Waals surface area contributed by atoms with Crippen LogP contribution in [0.2, 0.25) is 0 Å². The van der Waals surface area contributed by atoms with Gasteiger partial charge in [0.25, 0.3) is 5.91 Å². The predicted molar refractivity (Wildman–Crippen MR) is 166 cm³/mol. The highest BCUT2D eigenvalue weighted by molar-refractivity contribution is 5.92. The number of amides is 3. The largest absolute Gasteiger partial charge is 0.481 e. The second-order valence-corrected chi connectivity index (χ2v) is 12.8. The molecule has 0 heterocycles. The first-order chi connectivity index (χ1) is 21.2. The number of benzene rings is 2.